The molecule has 0 aliphatic carbocycles. The Morgan fingerprint density at radius 1 is 0.296 bits per heavy atom. The molecule has 0 atom stereocenters. The number of nitrogens with zero attached hydrogens (tertiary/aromatic N) is 1. The third-order valence-corrected chi connectivity index (χ3v) is 10.5. The summed E-state index contributed by atoms with van der Waals surface area (Å²) >= 11 is 0. The lowest BCUT2D eigenvalue weighted by Crippen LogP contribution is -2.10. The minimum absolute atomic E-state index is 0.874. The van der Waals surface area contributed by atoms with Crippen molar-refractivity contribution in [2.24, 2.45) is 0 Å². The second-order valence-electron chi connectivity index (χ2n) is 13.8. The van der Waals surface area contributed by atoms with E-state index in [0.29, 0.717) is 0 Å². The monoisotopic (exact) mass is 689 g/mol. The Bertz CT molecular complexity index is 2900. The van der Waals surface area contributed by atoms with Gasteiger partial charge in [0.1, 0.15) is 11.2 Å². The van der Waals surface area contributed by atoms with Crippen molar-refractivity contribution in [3.63, 3.8) is 0 Å². The van der Waals surface area contributed by atoms with Gasteiger partial charge in [0.25, 0.3) is 0 Å². The molecule has 2 heteroatoms. The first kappa shape index (κ1) is 31.6. The zero-order chi connectivity index (χ0) is 35.8. The second kappa shape index (κ2) is 13.4. The number of anilines is 3. The van der Waals surface area contributed by atoms with Gasteiger partial charge < -0.3 is 9.32 Å². The van der Waals surface area contributed by atoms with Crippen LogP contribution in [0.3, 0.4) is 0 Å². The number of hydrogen-bond acceptors (Lipinski definition) is 2. The summed E-state index contributed by atoms with van der Waals surface area (Å²) in [7, 11) is 0. The van der Waals surface area contributed by atoms with E-state index in [4.69, 9.17) is 4.42 Å². The number of rotatable bonds is 7. The third-order valence-electron chi connectivity index (χ3n) is 10.5. The van der Waals surface area contributed by atoms with Gasteiger partial charge in [-0.15, -0.1) is 0 Å². The van der Waals surface area contributed by atoms with E-state index >= 15 is 0 Å². The molecule has 54 heavy (non-hydrogen) atoms. The van der Waals surface area contributed by atoms with Crippen LogP contribution in [0, 0.1) is 0 Å². The highest BCUT2D eigenvalue weighted by molar-refractivity contribution is 6.13. The van der Waals surface area contributed by atoms with Crippen LogP contribution in [0.5, 0.6) is 0 Å². The summed E-state index contributed by atoms with van der Waals surface area (Å²) < 4.78 is 6.33. The molecule has 0 unspecified atom stereocenters. The second-order valence-corrected chi connectivity index (χ2v) is 13.8. The third kappa shape index (κ3) is 5.81. The van der Waals surface area contributed by atoms with Gasteiger partial charge in [-0.25, -0.2) is 0 Å². The topological polar surface area (TPSA) is 16.4 Å². The van der Waals surface area contributed by atoms with E-state index in [1.807, 2.05) is 12.1 Å². The average molecular weight is 690 g/mol. The Morgan fingerprint density at radius 3 is 1.46 bits per heavy atom. The SMILES string of the molecule is c1ccc(-c2ccc(N(c3ccc(-c4ccc(-c5cccc(-c6ccc7ccccc7c6)c5)cc4)cc3)c3cccc4oc5ccccc5c34)cc2)cc1. The fourth-order valence-electron chi connectivity index (χ4n) is 7.71. The smallest absolute Gasteiger partial charge is 0.137 e. The van der Waals surface area contributed by atoms with Crippen molar-refractivity contribution in [3.05, 3.63) is 212 Å². The Morgan fingerprint density at radius 2 is 0.759 bits per heavy atom. The zero-order valence-corrected chi connectivity index (χ0v) is 29.6. The maximum atomic E-state index is 6.33. The van der Waals surface area contributed by atoms with Gasteiger partial charge in [0.15, 0.2) is 0 Å². The highest BCUT2D eigenvalue weighted by Crippen LogP contribution is 2.43. The Balaban J connectivity index is 0.987. The molecule has 0 radical (unpaired) electrons. The van der Waals surface area contributed by atoms with Crippen molar-refractivity contribution in [2.75, 3.05) is 4.90 Å². The summed E-state index contributed by atoms with van der Waals surface area (Å²) in [6.07, 6.45) is 0. The molecule has 0 saturated heterocycles. The largest absolute Gasteiger partial charge is 0.456 e. The van der Waals surface area contributed by atoms with E-state index < -0.39 is 0 Å². The standard InChI is InChI=1S/C52H35NO/c1-2-10-36(11-3-1)39-26-30-46(31-27-39)53(49-17-9-19-51-52(49)48-16-6-7-18-50(48)54-51)47-32-28-40(29-33-47)38-20-22-41(23-21-38)43-14-8-15-44(34-43)45-25-24-37-12-4-5-13-42(37)35-45/h1-35H. The van der Waals surface area contributed by atoms with Crippen LogP contribution in [0.15, 0.2) is 217 Å². The molecule has 0 aliphatic rings. The molecule has 0 fully saturated rings. The predicted octanol–water partition coefficient (Wildman–Crippen LogP) is 14.9. The minimum atomic E-state index is 0.874. The highest BCUT2D eigenvalue weighted by atomic mass is 16.3. The summed E-state index contributed by atoms with van der Waals surface area (Å²) in [5.41, 5.74) is 14.6. The van der Waals surface area contributed by atoms with E-state index in [-0.39, 0.29) is 0 Å². The fourth-order valence-corrected chi connectivity index (χ4v) is 7.71. The van der Waals surface area contributed by atoms with Crippen molar-refractivity contribution in [3.8, 4) is 44.5 Å². The molecular weight excluding hydrogens is 655 g/mol. The number of hydrogen-bond donors (Lipinski definition) is 0. The molecule has 10 rings (SSSR count). The molecule has 0 bridgehead atoms. The molecule has 254 valence electrons. The van der Waals surface area contributed by atoms with E-state index in [9.17, 15) is 0 Å². The van der Waals surface area contributed by atoms with Gasteiger partial charge in [-0.05, 0) is 110 Å². The minimum Gasteiger partial charge on any atom is -0.456 e. The highest BCUT2D eigenvalue weighted by Gasteiger charge is 2.19. The van der Waals surface area contributed by atoms with Crippen molar-refractivity contribution >= 4 is 49.8 Å². The molecule has 0 aliphatic heterocycles. The van der Waals surface area contributed by atoms with Gasteiger partial charge in [0.2, 0.25) is 0 Å². The van der Waals surface area contributed by atoms with Crippen LogP contribution >= 0.6 is 0 Å². The van der Waals surface area contributed by atoms with Crippen LogP contribution in [0.4, 0.5) is 17.1 Å². The Hall–Kier alpha value is -7.16. The van der Waals surface area contributed by atoms with Gasteiger partial charge >= 0.3 is 0 Å². The van der Waals surface area contributed by atoms with Crippen LogP contribution in [-0.2, 0) is 0 Å². The van der Waals surface area contributed by atoms with Crippen LogP contribution in [0.1, 0.15) is 0 Å². The molecule has 1 heterocycles. The number of para-hydroxylation sites is 1. The Labute approximate surface area is 314 Å². The lowest BCUT2D eigenvalue weighted by atomic mass is 9.96. The van der Waals surface area contributed by atoms with E-state index in [1.54, 1.807) is 0 Å². The summed E-state index contributed by atoms with van der Waals surface area (Å²) in [4.78, 5) is 2.34. The molecule has 0 N–H and O–H groups in total. The zero-order valence-electron chi connectivity index (χ0n) is 29.6. The molecule has 0 saturated carbocycles. The summed E-state index contributed by atoms with van der Waals surface area (Å²) in [5, 5.41) is 4.72. The van der Waals surface area contributed by atoms with Gasteiger partial charge in [-0.2, -0.15) is 0 Å². The lowest BCUT2D eigenvalue weighted by Gasteiger charge is -2.26. The molecule has 9 aromatic carbocycles. The molecule has 0 spiro atoms. The van der Waals surface area contributed by atoms with Crippen LogP contribution in [-0.4, -0.2) is 0 Å². The van der Waals surface area contributed by atoms with Gasteiger partial charge in [-0.3, -0.25) is 0 Å². The first-order valence-corrected chi connectivity index (χ1v) is 18.4. The van der Waals surface area contributed by atoms with Crippen LogP contribution in [0.2, 0.25) is 0 Å². The molecular formula is C52H35NO. The van der Waals surface area contributed by atoms with E-state index in [0.717, 1.165) is 39.0 Å². The first-order valence-electron chi connectivity index (χ1n) is 18.4. The molecule has 10 aromatic rings. The van der Waals surface area contributed by atoms with E-state index in [2.05, 4.69) is 205 Å². The fraction of sp³-hybridized carbons (Fsp3) is 0. The van der Waals surface area contributed by atoms with Crippen molar-refractivity contribution < 1.29 is 4.42 Å². The quantitative estimate of drug-likeness (QED) is 0.166. The van der Waals surface area contributed by atoms with Crippen molar-refractivity contribution in [1.29, 1.82) is 0 Å². The maximum absolute atomic E-state index is 6.33. The summed E-state index contributed by atoms with van der Waals surface area (Å²) in [6.45, 7) is 0. The average Bonchev–Trinajstić information content (AvgIpc) is 3.64. The predicted molar refractivity (Wildman–Crippen MR) is 228 cm³/mol. The first-order chi connectivity index (χ1) is 26.7. The molecule has 2 nitrogen and oxygen atoms in total. The van der Waals surface area contributed by atoms with Crippen molar-refractivity contribution in [1.82, 2.24) is 0 Å². The normalized spacial score (nSPS) is 11.3. The van der Waals surface area contributed by atoms with E-state index in [1.165, 1.54) is 55.3 Å². The molecule has 0 amide bonds. The lowest BCUT2D eigenvalue weighted by molar-refractivity contribution is 0.669. The van der Waals surface area contributed by atoms with Gasteiger partial charge in [-0.1, -0.05) is 158 Å². The van der Waals surface area contributed by atoms with Gasteiger partial charge in [0, 0.05) is 16.8 Å². The Kier molecular flexibility index (Phi) is 7.85. The summed E-state index contributed by atoms with van der Waals surface area (Å²) in [5.74, 6) is 0. The van der Waals surface area contributed by atoms with Crippen molar-refractivity contribution in [2.45, 2.75) is 0 Å². The summed E-state index contributed by atoms with van der Waals surface area (Å²) in [6, 6.07) is 75.9. The number of benzene rings is 9. The van der Waals surface area contributed by atoms with Crippen LogP contribution in [0.25, 0.3) is 77.2 Å². The van der Waals surface area contributed by atoms with Gasteiger partial charge in [0.05, 0.1) is 11.1 Å². The number of furan rings is 1. The maximum Gasteiger partial charge on any atom is 0.137 e. The molecule has 1 aromatic heterocycles. The van der Waals surface area contributed by atoms with Crippen LogP contribution < -0.4 is 4.90 Å². The number of fused-ring (bicyclic) bond motifs is 4.